The number of anilines is 2. The zero-order valence-electron chi connectivity index (χ0n) is 18.0. The van der Waals surface area contributed by atoms with Crippen LogP contribution in [0.5, 0.6) is 0 Å². The van der Waals surface area contributed by atoms with E-state index in [0.29, 0.717) is 23.5 Å². The molecular formula is C23H20N4O7. The largest absolute Gasteiger partial charge is 0.452 e. The van der Waals surface area contributed by atoms with Crippen LogP contribution in [0.1, 0.15) is 21.5 Å². The second kappa shape index (κ2) is 10.7. The number of rotatable bonds is 9. The molecule has 0 radical (unpaired) electrons. The van der Waals surface area contributed by atoms with Gasteiger partial charge in [-0.15, -0.1) is 0 Å². The Morgan fingerprint density at radius 2 is 1.50 bits per heavy atom. The van der Waals surface area contributed by atoms with Crippen LogP contribution in [-0.2, 0) is 16.1 Å². The molecule has 0 atom stereocenters. The van der Waals surface area contributed by atoms with Gasteiger partial charge in [0.2, 0.25) is 0 Å². The molecule has 11 nitrogen and oxygen atoms in total. The van der Waals surface area contributed by atoms with Gasteiger partial charge in [-0.1, -0.05) is 30.3 Å². The van der Waals surface area contributed by atoms with E-state index in [-0.39, 0.29) is 16.9 Å². The molecule has 11 heteroatoms. The summed E-state index contributed by atoms with van der Waals surface area (Å²) in [6.45, 7) is 1.29. The predicted octanol–water partition coefficient (Wildman–Crippen LogP) is 4.22. The first-order valence-electron chi connectivity index (χ1n) is 10.0. The highest BCUT2D eigenvalue weighted by molar-refractivity contribution is 5.99. The third-order valence-electron chi connectivity index (χ3n) is 4.79. The van der Waals surface area contributed by atoms with Crippen LogP contribution in [0.15, 0.2) is 66.7 Å². The van der Waals surface area contributed by atoms with Crippen molar-refractivity contribution in [2.24, 2.45) is 0 Å². The smallest absolute Gasteiger partial charge is 0.341 e. The van der Waals surface area contributed by atoms with E-state index in [2.05, 4.69) is 10.6 Å². The Balaban J connectivity index is 1.69. The molecule has 2 N–H and O–H groups in total. The van der Waals surface area contributed by atoms with E-state index in [1.807, 2.05) is 30.3 Å². The van der Waals surface area contributed by atoms with Crippen LogP contribution >= 0.6 is 0 Å². The summed E-state index contributed by atoms with van der Waals surface area (Å²) in [4.78, 5) is 45.7. The minimum Gasteiger partial charge on any atom is -0.452 e. The lowest BCUT2D eigenvalue weighted by Gasteiger charge is -2.12. The number of nitrogens with one attached hydrogen (secondary N) is 2. The fourth-order valence-electron chi connectivity index (χ4n) is 3.06. The van der Waals surface area contributed by atoms with Gasteiger partial charge in [-0.05, 0) is 30.2 Å². The second-order valence-electron chi connectivity index (χ2n) is 7.21. The van der Waals surface area contributed by atoms with Crippen molar-refractivity contribution in [2.45, 2.75) is 13.5 Å². The standard InChI is InChI=1S/C23H20N4O7/c1-15-11-17(26(30)31)7-9-20(15)25-22(28)14-34-23(29)19-12-18(27(32)33)8-10-21(19)24-13-16-5-3-2-4-6-16/h2-12,24H,13-14H2,1H3,(H,25,28). The first-order chi connectivity index (χ1) is 16.2. The van der Waals surface area contributed by atoms with E-state index in [9.17, 15) is 29.8 Å². The van der Waals surface area contributed by atoms with Crippen molar-refractivity contribution in [3.63, 3.8) is 0 Å². The van der Waals surface area contributed by atoms with Crippen molar-refractivity contribution in [1.82, 2.24) is 0 Å². The average Bonchev–Trinajstić information content (AvgIpc) is 2.82. The van der Waals surface area contributed by atoms with E-state index in [1.165, 1.54) is 30.3 Å². The molecule has 0 aliphatic rings. The highest BCUT2D eigenvalue weighted by Crippen LogP contribution is 2.24. The summed E-state index contributed by atoms with van der Waals surface area (Å²) in [6.07, 6.45) is 0. The number of carbonyl (C=O) groups is 2. The minimum absolute atomic E-state index is 0.0931. The molecule has 0 aliphatic carbocycles. The maximum atomic E-state index is 12.7. The number of non-ortho nitro benzene ring substituents is 2. The topological polar surface area (TPSA) is 154 Å². The number of nitro benzene ring substituents is 2. The minimum atomic E-state index is -0.921. The molecular weight excluding hydrogens is 444 g/mol. The molecule has 34 heavy (non-hydrogen) atoms. The Hall–Kier alpha value is -4.80. The molecule has 0 saturated carbocycles. The van der Waals surface area contributed by atoms with Crippen molar-refractivity contribution < 1.29 is 24.2 Å². The summed E-state index contributed by atoms with van der Waals surface area (Å²) in [5.74, 6) is -1.59. The van der Waals surface area contributed by atoms with Crippen LogP contribution in [-0.4, -0.2) is 28.3 Å². The van der Waals surface area contributed by atoms with Crippen molar-refractivity contribution in [2.75, 3.05) is 17.2 Å². The molecule has 0 aromatic heterocycles. The predicted molar refractivity (Wildman–Crippen MR) is 124 cm³/mol. The molecule has 3 aromatic carbocycles. The number of benzene rings is 3. The van der Waals surface area contributed by atoms with Crippen LogP contribution in [0.2, 0.25) is 0 Å². The van der Waals surface area contributed by atoms with Crippen LogP contribution in [0.4, 0.5) is 22.7 Å². The fourth-order valence-corrected chi connectivity index (χ4v) is 3.06. The van der Waals surface area contributed by atoms with E-state index in [0.717, 1.165) is 11.6 Å². The summed E-state index contributed by atoms with van der Waals surface area (Å²) in [6, 6.07) is 17.0. The lowest BCUT2D eigenvalue weighted by atomic mass is 10.1. The Morgan fingerprint density at radius 3 is 2.12 bits per heavy atom. The fraction of sp³-hybridized carbons (Fsp3) is 0.130. The highest BCUT2D eigenvalue weighted by atomic mass is 16.6. The third-order valence-corrected chi connectivity index (χ3v) is 4.79. The van der Waals surface area contributed by atoms with Crippen LogP contribution in [0.25, 0.3) is 0 Å². The summed E-state index contributed by atoms with van der Waals surface area (Å²) < 4.78 is 5.07. The van der Waals surface area contributed by atoms with Crippen LogP contribution < -0.4 is 10.6 Å². The highest BCUT2D eigenvalue weighted by Gasteiger charge is 2.19. The van der Waals surface area contributed by atoms with Crippen molar-refractivity contribution >= 4 is 34.6 Å². The van der Waals surface area contributed by atoms with E-state index >= 15 is 0 Å². The normalized spacial score (nSPS) is 10.3. The SMILES string of the molecule is Cc1cc([N+](=O)[O-])ccc1NC(=O)COC(=O)c1cc([N+](=O)[O-])ccc1NCc1ccccc1. The van der Waals surface area contributed by atoms with Crippen LogP contribution in [0, 0.1) is 27.2 Å². The van der Waals surface area contributed by atoms with E-state index < -0.39 is 28.3 Å². The monoisotopic (exact) mass is 464 g/mol. The Labute approximate surface area is 193 Å². The van der Waals surface area contributed by atoms with Gasteiger partial charge in [-0.3, -0.25) is 25.0 Å². The van der Waals surface area contributed by atoms with Gasteiger partial charge in [-0.2, -0.15) is 0 Å². The summed E-state index contributed by atoms with van der Waals surface area (Å²) in [5.41, 5.74) is 1.51. The molecule has 1 amide bonds. The number of esters is 1. The lowest BCUT2D eigenvalue weighted by molar-refractivity contribution is -0.385. The van der Waals surface area contributed by atoms with E-state index in [1.54, 1.807) is 6.92 Å². The van der Waals surface area contributed by atoms with Crippen LogP contribution in [0.3, 0.4) is 0 Å². The maximum Gasteiger partial charge on any atom is 0.341 e. The van der Waals surface area contributed by atoms with Gasteiger partial charge >= 0.3 is 5.97 Å². The van der Waals surface area contributed by atoms with Gasteiger partial charge in [0.05, 0.1) is 15.4 Å². The summed E-state index contributed by atoms with van der Waals surface area (Å²) in [5, 5.41) is 27.6. The zero-order valence-corrected chi connectivity index (χ0v) is 18.0. The first kappa shape index (κ1) is 23.9. The maximum absolute atomic E-state index is 12.7. The number of hydrogen-bond donors (Lipinski definition) is 2. The van der Waals surface area contributed by atoms with Crippen molar-refractivity contribution in [3.05, 3.63) is 104 Å². The van der Waals surface area contributed by atoms with Crippen molar-refractivity contribution in [1.29, 1.82) is 0 Å². The number of ether oxygens (including phenoxy) is 1. The van der Waals surface area contributed by atoms with Gasteiger partial charge in [-0.25, -0.2) is 4.79 Å². The molecule has 0 fully saturated rings. The molecule has 3 aromatic rings. The molecule has 174 valence electrons. The van der Waals surface area contributed by atoms with Gasteiger partial charge in [0.15, 0.2) is 6.61 Å². The number of hydrogen-bond acceptors (Lipinski definition) is 8. The molecule has 0 aliphatic heterocycles. The summed E-state index contributed by atoms with van der Waals surface area (Å²) in [7, 11) is 0. The number of aryl methyl sites for hydroxylation is 1. The lowest BCUT2D eigenvalue weighted by Crippen LogP contribution is -2.22. The molecule has 0 saturated heterocycles. The number of nitro groups is 2. The third kappa shape index (κ3) is 6.13. The Kier molecular flexibility index (Phi) is 7.49. The Bertz CT molecular complexity index is 1250. The molecule has 0 unspecified atom stereocenters. The van der Waals surface area contributed by atoms with E-state index in [4.69, 9.17) is 4.74 Å². The van der Waals surface area contributed by atoms with Crippen molar-refractivity contribution in [3.8, 4) is 0 Å². The summed E-state index contributed by atoms with van der Waals surface area (Å²) >= 11 is 0. The zero-order chi connectivity index (χ0) is 24.7. The number of nitrogens with zero attached hydrogens (tertiary/aromatic N) is 2. The average molecular weight is 464 g/mol. The number of carbonyl (C=O) groups excluding carboxylic acids is 2. The van der Waals surface area contributed by atoms with Gasteiger partial charge in [0, 0.05) is 42.2 Å². The van der Waals surface area contributed by atoms with Gasteiger partial charge in [0.25, 0.3) is 17.3 Å². The molecule has 0 heterocycles. The Morgan fingerprint density at radius 1 is 0.882 bits per heavy atom. The van der Waals surface area contributed by atoms with Gasteiger partial charge < -0.3 is 15.4 Å². The second-order valence-corrected chi connectivity index (χ2v) is 7.21. The quantitative estimate of drug-likeness (QED) is 0.271. The number of amides is 1. The molecule has 3 rings (SSSR count). The first-order valence-corrected chi connectivity index (χ1v) is 10.0. The molecule has 0 bridgehead atoms. The van der Waals surface area contributed by atoms with Gasteiger partial charge in [0.1, 0.15) is 0 Å². The molecule has 0 spiro atoms.